The average molecular weight is 420 g/mol. The van der Waals surface area contributed by atoms with Gasteiger partial charge in [0, 0.05) is 11.1 Å². The van der Waals surface area contributed by atoms with Crippen molar-refractivity contribution in [3.05, 3.63) is 58.4 Å². The predicted octanol–water partition coefficient (Wildman–Crippen LogP) is 4.79. The van der Waals surface area contributed by atoms with Crippen molar-refractivity contribution in [3.63, 3.8) is 0 Å². The second-order valence-corrected chi connectivity index (χ2v) is 7.63. The largest absolute Gasteiger partial charge is 0.495 e. The van der Waals surface area contributed by atoms with Gasteiger partial charge >= 0.3 is 5.97 Å². The van der Waals surface area contributed by atoms with Crippen molar-refractivity contribution in [1.82, 2.24) is 0 Å². The summed E-state index contributed by atoms with van der Waals surface area (Å²) in [5, 5.41) is 3.20. The highest BCUT2D eigenvalue weighted by Crippen LogP contribution is 2.42. The van der Waals surface area contributed by atoms with Crippen LogP contribution >= 0.6 is 11.6 Å². The monoisotopic (exact) mass is 419 g/mol. The summed E-state index contributed by atoms with van der Waals surface area (Å²) in [6, 6.07) is 9.32. The van der Waals surface area contributed by atoms with Gasteiger partial charge in [-0.3, -0.25) is 9.59 Å². The summed E-state index contributed by atoms with van der Waals surface area (Å²) in [5.41, 5.74) is 0.902. The summed E-state index contributed by atoms with van der Waals surface area (Å²) in [7, 11) is 1.47. The molecule has 0 bridgehead atoms. The van der Waals surface area contributed by atoms with E-state index in [0.29, 0.717) is 34.9 Å². The molecule has 154 valence electrons. The van der Waals surface area contributed by atoms with Crippen LogP contribution in [-0.2, 0) is 19.7 Å². The maximum absolute atomic E-state index is 13.7. The molecule has 0 saturated heterocycles. The molecule has 7 heteroatoms. The molecule has 1 saturated carbocycles. The standard InChI is InChI=1S/C22H23ClFNO4/c1-14-10-18(19(28-2)12-17(14)23)25-20(26)13-29-21(27)22(8-3-4-9-22)15-6-5-7-16(24)11-15/h5-7,10-12H,3-4,8-9,13H2,1-2H3,(H,25,26). The number of hydrogen-bond donors (Lipinski definition) is 1. The fourth-order valence-corrected chi connectivity index (χ4v) is 3.91. The van der Waals surface area contributed by atoms with Crippen LogP contribution in [-0.4, -0.2) is 25.6 Å². The summed E-state index contributed by atoms with van der Waals surface area (Å²) in [5.74, 6) is -0.988. The zero-order valence-electron chi connectivity index (χ0n) is 16.4. The molecule has 3 rings (SSSR count). The lowest BCUT2D eigenvalue weighted by atomic mass is 9.79. The second kappa shape index (κ2) is 8.82. The normalized spacial score (nSPS) is 15.0. The Balaban J connectivity index is 1.69. The number of nitrogens with one attached hydrogen (secondary N) is 1. The van der Waals surface area contributed by atoms with Crippen molar-refractivity contribution in [3.8, 4) is 5.75 Å². The third kappa shape index (κ3) is 4.53. The van der Waals surface area contributed by atoms with Gasteiger partial charge in [-0.05, 0) is 49.1 Å². The number of ether oxygens (including phenoxy) is 2. The van der Waals surface area contributed by atoms with Gasteiger partial charge in [0.05, 0.1) is 18.2 Å². The molecule has 1 aliphatic carbocycles. The molecule has 1 amide bonds. The molecule has 0 aromatic heterocycles. The highest BCUT2D eigenvalue weighted by molar-refractivity contribution is 6.31. The third-order valence-electron chi connectivity index (χ3n) is 5.31. The van der Waals surface area contributed by atoms with E-state index >= 15 is 0 Å². The average Bonchev–Trinajstić information content (AvgIpc) is 3.20. The van der Waals surface area contributed by atoms with Crippen LogP contribution in [0.5, 0.6) is 5.75 Å². The molecule has 0 heterocycles. The summed E-state index contributed by atoms with van der Waals surface area (Å²) >= 11 is 6.07. The minimum Gasteiger partial charge on any atom is -0.495 e. The Morgan fingerprint density at radius 3 is 2.59 bits per heavy atom. The van der Waals surface area contributed by atoms with Crippen molar-refractivity contribution in [2.75, 3.05) is 19.0 Å². The van der Waals surface area contributed by atoms with Crippen LogP contribution in [0, 0.1) is 12.7 Å². The number of aryl methyl sites for hydroxylation is 1. The molecule has 2 aromatic carbocycles. The minimum absolute atomic E-state index is 0.399. The number of carbonyl (C=O) groups excluding carboxylic acids is 2. The number of methoxy groups -OCH3 is 1. The highest BCUT2D eigenvalue weighted by atomic mass is 35.5. The molecule has 0 spiro atoms. The number of hydrogen-bond acceptors (Lipinski definition) is 4. The fourth-order valence-electron chi connectivity index (χ4n) is 3.76. The van der Waals surface area contributed by atoms with Crippen LogP contribution in [0.2, 0.25) is 5.02 Å². The summed E-state index contributed by atoms with van der Waals surface area (Å²) < 4.78 is 24.3. The highest BCUT2D eigenvalue weighted by Gasteiger charge is 2.44. The van der Waals surface area contributed by atoms with Crippen LogP contribution in [0.25, 0.3) is 0 Å². The van der Waals surface area contributed by atoms with Crippen LogP contribution in [0.4, 0.5) is 10.1 Å². The van der Waals surface area contributed by atoms with Gasteiger partial charge in [-0.25, -0.2) is 4.39 Å². The number of carbonyl (C=O) groups is 2. The van der Waals surface area contributed by atoms with Crippen molar-refractivity contribution in [2.24, 2.45) is 0 Å². The van der Waals surface area contributed by atoms with E-state index in [2.05, 4.69) is 5.32 Å². The molecule has 29 heavy (non-hydrogen) atoms. The van der Waals surface area contributed by atoms with Crippen molar-refractivity contribution in [2.45, 2.75) is 38.0 Å². The Morgan fingerprint density at radius 2 is 1.93 bits per heavy atom. The van der Waals surface area contributed by atoms with Gasteiger partial charge in [0.15, 0.2) is 6.61 Å². The summed E-state index contributed by atoms with van der Waals surface area (Å²) in [4.78, 5) is 25.2. The van der Waals surface area contributed by atoms with Crippen molar-refractivity contribution < 1.29 is 23.5 Å². The van der Waals surface area contributed by atoms with E-state index in [1.54, 1.807) is 31.2 Å². The Morgan fingerprint density at radius 1 is 1.21 bits per heavy atom. The van der Waals surface area contributed by atoms with Gasteiger partial charge in [-0.1, -0.05) is 36.6 Å². The molecule has 0 unspecified atom stereocenters. The number of benzene rings is 2. The molecule has 5 nitrogen and oxygen atoms in total. The van der Waals surface area contributed by atoms with Gasteiger partial charge in [0.25, 0.3) is 5.91 Å². The number of esters is 1. The topological polar surface area (TPSA) is 64.6 Å². The van der Waals surface area contributed by atoms with Crippen molar-refractivity contribution >= 4 is 29.2 Å². The van der Waals surface area contributed by atoms with Crippen LogP contribution in [0.1, 0.15) is 36.8 Å². The predicted molar refractivity (Wildman–Crippen MR) is 109 cm³/mol. The van der Waals surface area contributed by atoms with Gasteiger partial charge in [-0.15, -0.1) is 0 Å². The first-order valence-electron chi connectivity index (χ1n) is 9.43. The number of amides is 1. The first kappa shape index (κ1) is 21.1. The lowest BCUT2D eigenvalue weighted by molar-refractivity contribution is -0.153. The minimum atomic E-state index is -0.906. The molecule has 0 atom stereocenters. The summed E-state index contributed by atoms with van der Waals surface area (Å²) in [6.07, 6.45) is 2.83. The number of halogens is 2. The molecular weight excluding hydrogens is 397 g/mol. The first-order valence-corrected chi connectivity index (χ1v) is 9.81. The van der Waals surface area contributed by atoms with E-state index in [-0.39, 0.29) is 0 Å². The van der Waals surface area contributed by atoms with Gasteiger partial charge in [0.2, 0.25) is 0 Å². The smallest absolute Gasteiger partial charge is 0.317 e. The van der Waals surface area contributed by atoms with Crippen molar-refractivity contribution in [1.29, 1.82) is 0 Å². The molecule has 2 aromatic rings. The zero-order valence-corrected chi connectivity index (χ0v) is 17.1. The molecule has 0 radical (unpaired) electrons. The lowest BCUT2D eigenvalue weighted by Crippen LogP contribution is -2.36. The number of anilines is 1. The third-order valence-corrected chi connectivity index (χ3v) is 5.72. The van der Waals surface area contributed by atoms with Crippen LogP contribution in [0.3, 0.4) is 0 Å². The molecule has 1 fully saturated rings. The number of rotatable bonds is 6. The van der Waals surface area contributed by atoms with E-state index in [1.165, 1.54) is 19.2 Å². The second-order valence-electron chi connectivity index (χ2n) is 7.23. The SMILES string of the molecule is COc1cc(Cl)c(C)cc1NC(=O)COC(=O)C1(c2cccc(F)c2)CCCC1. The lowest BCUT2D eigenvalue weighted by Gasteiger charge is -2.27. The quantitative estimate of drug-likeness (QED) is 0.684. The molecule has 1 aliphatic rings. The first-order chi connectivity index (χ1) is 13.9. The van der Waals surface area contributed by atoms with Gasteiger partial charge < -0.3 is 14.8 Å². The Bertz CT molecular complexity index is 925. The van der Waals surface area contributed by atoms with Gasteiger partial charge in [0.1, 0.15) is 11.6 Å². The maximum Gasteiger partial charge on any atom is 0.317 e. The molecule has 1 N–H and O–H groups in total. The van der Waals surface area contributed by atoms with E-state index in [4.69, 9.17) is 21.1 Å². The van der Waals surface area contributed by atoms with Gasteiger partial charge in [-0.2, -0.15) is 0 Å². The van der Waals surface area contributed by atoms with Crippen LogP contribution in [0.15, 0.2) is 36.4 Å². The maximum atomic E-state index is 13.7. The fraction of sp³-hybridized carbons (Fsp3) is 0.364. The van der Waals surface area contributed by atoms with E-state index < -0.39 is 29.7 Å². The molecular formula is C22H23ClFNO4. The van der Waals surface area contributed by atoms with E-state index in [1.807, 2.05) is 0 Å². The van der Waals surface area contributed by atoms with E-state index in [0.717, 1.165) is 18.4 Å². The van der Waals surface area contributed by atoms with E-state index in [9.17, 15) is 14.0 Å². The zero-order chi connectivity index (χ0) is 21.0. The molecule has 0 aliphatic heterocycles. The Kier molecular flexibility index (Phi) is 6.42. The Hall–Kier alpha value is -2.60. The van der Waals surface area contributed by atoms with Crippen LogP contribution < -0.4 is 10.1 Å². The summed E-state index contributed by atoms with van der Waals surface area (Å²) in [6.45, 7) is 1.36. The Labute approximate surface area is 174 Å².